The number of carbonyl (C=O) groups is 1. The first-order valence-electron chi connectivity index (χ1n) is 5.46. The first-order valence-corrected chi connectivity index (χ1v) is 6.27. The molecule has 1 heterocycles. The Morgan fingerprint density at radius 2 is 2.06 bits per heavy atom. The van der Waals surface area contributed by atoms with Gasteiger partial charge in [-0.05, 0) is 24.6 Å². The van der Waals surface area contributed by atoms with E-state index in [2.05, 4.69) is 4.98 Å². The number of carboxylic acids is 1. The molecule has 1 aromatic carbocycles. The van der Waals surface area contributed by atoms with Gasteiger partial charge < -0.3 is 5.11 Å². The Balaban J connectivity index is 2.14. The van der Waals surface area contributed by atoms with Crippen molar-refractivity contribution < 1.29 is 14.3 Å². The fraction of sp³-hybridized carbons (Fsp3) is 0.231. The van der Waals surface area contributed by atoms with E-state index < -0.39 is 5.97 Å². The lowest BCUT2D eigenvalue weighted by molar-refractivity contribution is -0.136. The number of aliphatic carboxylic acids is 1. The molecule has 0 amide bonds. The summed E-state index contributed by atoms with van der Waals surface area (Å²) in [6.07, 6.45) is 0.609. The Labute approximate surface area is 108 Å². The highest BCUT2D eigenvalue weighted by Gasteiger charge is 2.11. The Bertz CT molecular complexity index is 563. The lowest BCUT2D eigenvalue weighted by Crippen LogP contribution is -1.99. The normalized spacial score (nSPS) is 10.6. The van der Waals surface area contributed by atoms with E-state index in [9.17, 15) is 9.18 Å². The summed E-state index contributed by atoms with van der Waals surface area (Å²) in [4.78, 5) is 15.8. The zero-order valence-electron chi connectivity index (χ0n) is 9.81. The first-order chi connectivity index (χ1) is 8.54. The van der Waals surface area contributed by atoms with Crippen LogP contribution in [0.5, 0.6) is 0 Å². The van der Waals surface area contributed by atoms with Crippen LogP contribution in [0.3, 0.4) is 0 Å². The number of aromatic nitrogens is 1. The molecule has 1 N–H and O–H groups in total. The van der Waals surface area contributed by atoms with Crippen LogP contribution < -0.4 is 0 Å². The molecule has 1 aromatic heterocycles. The molecular weight excluding hydrogens is 253 g/mol. The second-order valence-corrected chi connectivity index (χ2v) is 5.16. The number of hydrogen-bond donors (Lipinski definition) is 1. The summed E-state index contributed by atoms with van der Waals surface area (Å²) < 4.78 is 12.8. The third kappa shape index (κ3) is 3.13. The zero-order chi connectivity index (χ0) is 13.1. The van der Waals surface area contributed by atoms with Crippen LogP contribution in [0, 0.1) is 12.7 Å². The fourth-order valence-corrected chi connectivity index (χ4v) is 2.74. The summed E-state index contributed by atoms with van der Waals surface area (Å²) >= 11 is 1.40. The third-order valence-corrected chi connectivity index (χ3v) is 3.67. The van der Waals surface area contributed by atoms with E-state index >= 15 is 0 Å². The smallest absolute Gasteiger partial charge is 0.308 e. The summed E-state index contributed by atoms with van der Waals surface area (Å²) in [6, 6.07) is 6.24. The molecule has 0 atom stereocenters. The molecule has 5 heteroatoms. The molecule has 0 aliphatic heterocycles. The summed E-state index contributed by atoms with van der Waals surface area (Å²) in [5.41, 5.74) is 1.73. The van der Waals surface area contributed by atoms with Crippen LogP contribution in [0.2, 0.25) is 0 Å². The quantitative estimate of drug-likeness (QED) is 0.924. The van der Waals surface area contributed by atoms with Gasteiger partial charge in [-0.15, -0.1) is 11.3 Å². The van der Waals surface area contributed by atoms with Gasteiger partial charge in [-0.25, -0.2) is 9.37 Å². The van der Waals surface area contributed by atoms with Crippen LogP contribution in [-0.4, -0.2) is 16.1 Å². The molecule has 0 aliphatic carbocycles. The highest BCUT2D eigenvalue weighted by Crippen LogP contribution is 2.21. The Morgan fingerprint density at radius 1 is 1.39 bits per heavy atom. The average Bonchev–Trinajstić information content (AvgIpc) is 2.62. The number of thiazole rings is 1. The fourth-order valence-electron chi connectivity index (χ4n) is 1.64. The van der Waals surface area contributed by atoms with E-state index in [-0.39, 0.29) is 12.2 Å². The van der Waals surface area contributed by atoms with Gasteiger partial charge in [-0.2, -0.15) is 0 Å². The molecule has 3 nitrogen and oxygen atoms in total. The molecule has 0 spiro atoms. The van der Waals surface area contributed by atoms with Gasteiger partial charge in [0.15, 0.2) is 0 Å². The summed E-state index contributed by atoms with van der Waals surface area (Å²) in [5.74, 6) is -1.12. The predicted molar refractivity (Wildman–Crippen MR) is 67.4 cm³/mol. The van der Waals surface area contributed by atoms with Crippen LogP contribution in [-0.2, 0) is 17.6 Å². The van der Waals surface area contributed by atoms with Crippen molar-refractivity contribution in [3.05, 3.63) is 51.2 Å². The monoisotopic (exact) mass is 265 g/mol. The first kappa shape index (κ1) is 12.7. The summed E-state index contributed by atoms with van der Waals surface area (Å²) in [6.45, 7) is 1.81. The molecule has 94 valence electrons. The minimum atomic E-state index is -0.852. The molecule has 0 saturated heterocycles. The molecule has 0 radical (unpaired) electrons. The number of aryl methyl sites for hydroxylation is 1. The lowest BCUT2D eigenvalue weighted by Gasteiger charge is -1.97. The Hall–Kier alpha value is -1.75. The van der Waals surface area contributed by atoms with Crippen molar-refractivity contribution >= 4 is 17.3 Å². The standard InChI is InChI=1S/C13H12FNO2S/c1-8-11(7-13(16)17)18-12(15-8)6-9-2-4-10(14)5-3-9/h2-5H,6-7H2,1H3,(H,16,17). The van der Waals surface area contributed by atoms with Crippen LogP contribution in [0.15, 0.2) is 24.3 Å². The maximum Gasteiger partial charge on any atom is 0.308 e. The maximum atomic E-state index is 12.8. The number of carboxylic acid groups (broad SMARTS) is 1. The Kier molecular flexibility index (Phi) is 3.72. The third-order valence-electron chi connectivity index (χ3n) is 2.52. The number of nitrogens with zero attached hydrogens (tertiary/aromatic N) is 1. The van der Waals surface area contributed by atoms with Crippen LogP contribution in [0.1, 0.15) is 21.1 Å². The Morgan fingerprint density at radius 3 is 2.67 bits per heavy atom. The van der Waals surface area contributed by atoms with Gasteiger partial charge in [0.05, 0.1) is 17.1 Å². The number of halogens is 1. The molecule has 2 rings (SSSR count). The second kappa shape index (κ2) is 5.27. The molecular formula is C13H12FNO2S. The van der Waals surface area contributed by atoms with Gasteiger partial charge in [0, 0.05) is 11.3 Å². The van der Waals surface area contributed by atoms with E-state index in [0.717, 1.165) is 21.1 Å². The minimum absolute atomic E-state index is 0.00686. The van der Waals surface area contributed by atoms with Crippen molar-refractivity contribution in [2.24, 2.45) is 0 Å². The minimum Gasteiger partial charge on any atom is -0.481 e. The number of benzene rings is 1. The molecule has 0 unspecified atom stereocenters. The van der Waals surface area contributed by atoms with Crippen LogP contribution >= 0.6 is 11.3 Å². The van der Waals surface area contributed by atoms with E-state index in [4.69, 9.17) is 5.11 Å². The van der Waals surface area contributed by atoms with Crippen LogP contribution in [0.25, 0.3) is 0 Å². The zero-order valence-corrected chi connectivity index (χ0v) is 10.6. The molecule has 2 aromatic rings. The molecule has 0 fully saturated rings. The van der Waals surface area contributed by atoms with Gasteiger partial charge in [0.25, 0.3) is 0 Å². The van der Waals surface area contributed by atoms with Gasteiger partial charge in [-0.3, -0.25) is 4.79 Å². The molecule has 18 heavy (non-hydrogen) atoms. The van der Waals surface area contributed by atoms with Crippen molar-refractivity contribution in [2.75, 3.05) is 0 Å². The number of rotatable bonds is 4. The molecule has 0 saturated carbocycles. The van der Waals surface area contributed by atoms with E-state index in [1.165, 1.54) is 23.5 Å². The SMILES string of the molecule is Cc1nc(Cc2ccc(F)cc2)sc1CC(=O)O. The lowest BCUT2D eigenvalue weighted by atomic mass is 10.1. The van der Waals surface area contributed by atoms with E-state index in [0.29, 0.717) is 6.42 Å². The van der Waals surface area contributed by atoms with Crippen molar-refractivity contribution in [3.8, 4) is 0 Å². The van der Waals surface area contributed by atoms with E-state index in [1.54, 1.807) is 12.1 Å². The van der Waals surface area contributed by atoms with Crippen molar-refractivity contribution in [1.82, 2.24) is 4.98 Å². The predicted octanol–water partition coefficient (Wildman–Crippen LogP) is 2.81. The average molecular weight is 265 g/mol. The van der Waals surface area contributed by atoms with Crippen molar-refractivity contribution in [1.29, 1.82) is 0 Å². The van der Waals surface area contributed by atoms with Gasteiger partial charge in [0.1, 0.15) is 5.82 Å². The summed E-state index contributed by atoms with van der Waals surface area (Å²) in [5, 5.41) is 9.61. The van der Waals surface area contributed by atoms with Gasteiger partial charge in [0.2, 0.25) is 0 Å². The molecule has 0 aliphatic rings. The maximum absolute atomic E-state index is 12.8. The largest absolute Gasteiger partial charge is 0.481 e. The highest BCUT2D eigenvalue weighted by molar-refractivity contribution is 7.11. The van der Waals surface area contributed by atoms with Gasteiger partial charge in [-0.1, -0.05) is 12.1 Å². The van der Waals surface area contributed by atoms with E-state index in [1.807, 2.05) is 6.92 Å². The second-order valence-electron chi connectivity index (χ2n) is 3.99. The number of hydrogen-bond acceptors (Lipinski definition) is 3. The van der Waals surface area contributed by atoms with Crippen LogP contribution in [0.4, 0.5) is 4.39 Å². The summed E-state index contributed by atoms with van der Waals surface area (Å²) in [7, 11) is 0. The molecule has 0 bridgehead atoms. The van der Waals surface area contributed by atoms with Gasteiger partial charge >= 0.3 is 5.97 Å². The van der Waals surface area contributed by atoms with Crippen molar-refractivity contribution in [3.63, 3.8) is 0 Å². The topological polar surface area (TPSA) is 50.2 Å². The van der Waals surface area contributed by atoms with Crippen molar-refractivity contribution in [2.45, 2.75) is 19.8 Å². The highest BCUT2D eigenvalue weighted by atomic mass is 32.1.